The third-order valence-corrected chi connectivity index (χ3v) is 2.06. The van der Waals surface area contributed by atoms with Crippen molar-refractivity contribution in [2.75, 3.05) is 0 Å². The van der Waals surface area contributed by atoms with E-state index in [1.165, 1.54) is 12.4 Å². The van der Waals surface area contributed by atoms with Gasteiger partial charge in [0.2, 0.25) is 0 Å². The lowest BCUT2D eigenvalue weighted by Crippen LogP contribution is -2.11. The van der Waals surface area contributed by atoms with Crippen molar-refractivity contribution in [1.82, 2.24) is 9.97 Å². The lowest BCUT2D eigenvalue weighted by atomic mass is 10.2. The van der Waals surface area contributed by atoms with Gasteiger partial charge in [-0.15, -0.1) is 0 Å². The molecule has 0 bridgehead atoms. The normalized spacial score (nSPS) is 10.1. The van der Waals surface area contributed by atoms with Crippen LogP contribution in [-0.2, 0) is 0 Å². The van der Waals surface area contributed by atoms with E-state index >= 15 is 0 Å². The molecule has 7 heteroatoms. The maximum atomic E-state index is 13.0. The van der Waals surface area contributed by atoms with Crippen LogP contribution in [0.1, 0.15) is 10.4 Å². The van der Waals surface area contributed by atoms with Crippen LogP contribution in [0.3, 0.4) is 0 Å². The Hall–Kier alpha value is -2.70. The van der Waals surface area contributed by atoms with Crippen molar-refractivity contribution in [3.8, 4) is 11.6 Å². The average Bonchev–Trinajstić information content (AvgIpc) is 2.32. The predicted octanol–water partition coefficient (Wildman–Crippen LogP) is 1.40. The molecule has 1 heterocycles. The minimum atomic E-state index is -1.29. The highest BCUT2D eigenvalue weighted by atomic mass is 19.1. The highest BCUT2D eigenvalue weighted by Gasteiger charge is 2.14. The molecule has 0 aliphatic carbocycles. The molecule has 0 amide bonds. The summed E-state index contributed by atoms with van der Waals surface area (Å²) >= 11 is 0. The Bertz CT molecular complexity index is 653. The first-order chi connectivity index (χ1) is 8.58. The fourth-order valence-electron chi connectivity index (χ4n) is 1.27. The molecule has 0 saturated carbocycles. The van der Waals surface area contributed by atoms with Gasteiger partial charge in [-0.3, -0.25) is 4.79 Å². The van der Waals surface area contributed by atoms with Gasteiger partial charge in [-0.1, -0.05) is 0 Å². The molecule has 1 aromatic carbocycles. The van der Waals surface area contributed by atoms with Gasteiger partial charge < -0.3 is 14.8 Å². The smallest absolute Gasteiger partial charge is 0.339 e. The SMILES string of the molecule is O=C(O)c1ccc(F)cc1Oc1ncc[nH]c1=O. The molecule has 18 heavy (non-hydrogen) atoms. The summed E-state index contributed by atoms with van der Waals surface area (Å²) in [5.74, 6) is -2.61. The van der Waals surface area contributed by atoms with Crippen LogP contribution in [0.25, 0.3) is 0 Å². The molecule has 0 aliphatic rings. The fourth-order valence-corrected chi connectivity index (χ4v) is 1.27. The van der Waals surface area contributed by atoms with Gasteiger partial charge in [-0.05, 0) is 12.1 Å². The number of rotatable bonds is 3. The quantitative estimate of drug-likeness (QED) is 0.858. The van der Waals surface area contributed by atoms with Crippen LogP contribution in [0.15, 0.2) is 35.4 Å². The Balaban J connectivity index is 2.46. The van der Waals surface area contributed by atoms with Gasteiger partial charge in [0.1, 0.15) is 17.1 Å². The number of aromatic carboxylic acids is 1. The van der Waals surface area contributed by atoms with E-state index in [1.54, 1.807) is 0 Å². The van der Waals surface area contributed by atoms with E-state index in [9.17, 15) is 14.0 Å². The van der Waals surface area contributed by atoms with Gasteiger partial charge in [0.15, 0.2) is 0 Å². The molecule has 6 nitrogen and oxygen atoms in total. The standard InChI is InChI=1S/C11H7FN2O4/c12-6-1-2-7(11(16)17)8(5-6)18-10-9(15)13-3-4-14-10/h1-5H,(H,13,15)(H,16,17). The Kier molecular flexibility index (Phi) is 3.05. The third kappa shape index (κ3) is 2.34. The van der Waals surface area contributed by atoms with Crippen LogP contribution < -0.4 is 10.3 Å². The molecule has 1 aromatic heterocycles. The van der Waals surface area contributed by atoms with E-state index in [0.717, 1.165) is 18.2 Å². The Morgan fingerprint density at radius 1 is 1.44 bits per heavy atom. The summed E-state index contributed by atoms with van der Waals surface area (Å²) < 4.78 is 18.0. The molecular weight excluding hydrogens is 243 g/mol. The first-order valence-electron chi connectivity index (χ1n) is 4.82. The molecule has 0 aliphatic heterocycles. The number of hydrogen-bond donors (Lipinski definition) is 2. The van der Waals surface area contributed by atoms with Crippen molar-refractivity contribution in [2.45, 2.75) is 0 Å². The fraction of sp³-hybridized carbons (Fsp3) is 0. The number of aromatic nitrogens is 2. The summed E-state index contributed by atoms with van der Waals surface area (Å²) in [5, 5.41) is 8.90. The zero-order valence-corrected chi connectivity index (χ0v) is 8.88. The van der Waals surface area contributed by atoms with Crippen LogP contribution in [0, 0.1) is 5.82 Å². The van der Waals surface area contributed by atoms with Gasteiger partial charge in [0.25, 0.3) is 5.88 Å². The van der Waals surface area contributed by atoms with Crippen LogP contribution in [-0.4, -0.2) is 21.0 Å². The van der Waals surface area contributed by atoms with Crippen LogP contribution in [0.4, 0.5) is 4.39 Å². The second-order valence-corrected chi connectivity index (χ2v) is 3.27. The number of hydrogen-bond acceptors (Lipinski definition) is 4. The van der Waals surface area contributed by atoms with Crippen LogP contribution in [0.5, 0.6) is 11.6 Å². The molecular formula is C11H7FN2O4. The number of carbonyl (C=O) groups is 1. The van der Waals surface area contributed by atoms with Crippen molar-refractivity contribution < 1.29 is 19.0 Å². The number of halogens is 1. The Labute approximate surface area is 99.7 Å². The number of nitrogens with zero attached hydrogens (tertiary/aromatic N) is 1. The highest BCUT2D eigenvalue weighted by Crippen LogP contribution is 2.23. The van der Waals surface area contributed by atoms with Gasteiger partial charge in [-0.25, -0.2) is 14.2 Å². The van der Waals surface area contributed by atoms with Gasteiger partial charge in [0, 0.05) is 18.5 Å². The van der Waals surface area contributed by atoms with Crippen LogP contribution in [0.2, 0.25) is 0 Å². The minimum Gasteiger partial charge on any atom is -0.478 e. The summed E-state index contributed by atoms with van der Waals surface area (Å²) in [7, 11) is 0. The second kappa shape index (κ2) is 4.66. The largest absolute Gasteiger partial charge is 0.478 e. The number of benzene rings is 1. The number of nitrogens with one attached hydrogen (secondary N) is 1. The number of H-pyrrole nitrogens is 1. The zero-order chi connectivity index (χ0) is 13.1. The van der Waals surface area contributed by atoms with Crippen molar-refractivity contribution in [2.24, 2.45) is 0 Å². The summed E-state index contributed by atoms with van der Waals surface area (Å²) in [6, 6.07) is 2.90. The maximum Gasteiger partial charge on any atom is 0.339 e. The molecule has 2 aromatic rings. The van der Waals surface area contributed by atoms with E-state index in [-0.39, 0.29) is 17.2 Å². The molecule has 2 rings (SSSR count). The molecule has 0 saturated heterocycles. The van der Waals surface area contributed by atoms with E-state index in [1.807, 2.05) is 0 Å². The van der Waals surface area contributed by atoms with Gasteiger partial charge in [0.05, 0.1) is 0 Å². The molecule has 0 unspecified atom stereocenters. The summed E-state index contributed by atoms with van der Waals surface area (Å²) in [5.41, 5.74) is -0.903. The molecule has 92 valence electrons. The number of carboxylic acids is 1. The maximum absolute atomic E-state index is 13.0. The van der Waals surface area contributed by atoms with Crippen LogP contribution >= 0.6 is 0 Å². The predicted molar refractivity (Wildman–Crippen MR) is 58.3 cm³/mol. The number of carboxylic acid groups (broad SMARTS) is 1. The highest BCUT2D eigenvalue weighted by molar-refractivity contribution is 5.90. The van der Waals surface area contributed by atoms with Crippen molar-refractivity contribution in [3.63, 3.8) is 0 Å². The molecule has 2 N–H and O–H groups in total. The van der Waals surface area contributed by atoms with Crippen molar-refractivity contribution in [3.05, 3.63) is 52.3 Å². The second-order valence-electron chi connectivity index (χ2n) is 3.27. The summed E-state index contributed by atoms with van der Waals surface area (Å²) in [6.07, 6.45) is 2.55. The van der Waals surface area contributed by atoms with Crippen molar-refractivity contribution in [1.29, 1.82) is 0 Å². The molecule has 0 radical (unpaired) electrons. The minimum absolute atomic E-state index is 0.263. The third-order valence-electron chi connectivity index (χ3n) is 2.06. The number of ether oxygens (including phenoxy) is 1. The zero-order valence-electron chi connectivity index (χ0n) is 8.88. The van der Waals surface area contributed by atoms with E-state index < -0.39 is 17.3 Å². The first kappa shape index (κ1) is 11.8. The lowest BCUT2D eigenvalue weighted by Gasteiger charge is -2.06. The Morgan fingerprint density at radius 2 is 2.22 bits per heavy atom. The monoisotopic (exact) mass is 250 g/mol. The van der Waals surface area contributed by atoms with Gasteiger partial charge in [-0.2, -0.15) is 0 Å². The van der Waals surface area contributed by atoms with Crippen molar-refractivity contribution >= 4 is 5.97 Å². The van der Waals surface area contributed by atoms with E-state index in [2.05, 4.69) is 9.97 Å². The van der Waals surface area contributed by atoms with E-state index in [0.29, 0.717) is 0 Å². The average molecular weight is 250 g/mol. The Morgan fingerprint density at radius 3 is 2.89 bits per heavy atom. The number of aromatic amines is 1. The lowest BCUT2D eigenvalue weighted by molar-refractivity contribution is 0.0694. The summed E-state index contributed by atoms with van der Waals surface area (Å²) in [4.78, 5) is 28.1. The van der Waals surface area contributed by atoms with E-state index in [4.69, 9.17) is 9.84 Å². The van der Waals surface area contributed by atoms with Gasteiger partial charge >= 0.3 is 11.5 Å². The molecule has 0 spiro atoms. The molecule has 0 atom stereocenters. The molecule has 0 fully saturated rings. The summed E-state index contributed by atoms with van der Waals surface area (Å²) in [6.45, 7) is 0. The first-order valence-corrected chi connectivity index (χ1v) is 4.82. The topological polar surface area (TPSA) is 92.3 Å².